The Balaban J connectivity index is 1.24. The molecule has 0 radical (unpaired) electrons. The number of hydrogen-bond acceptors (Lipinski definition) is 6. The first-order chi connectivity index (χ1) is 17.8. The molecular formula is C28H35N5O4. The number of nitrogens with one attached hydrogen (secondary N) is 3. The van der Waals surface area contributed by atoms with Gasteiger partial charge in [0.15, 0.2) is 0 Å². The standard InChI is InChI=1S/C28H35N5O4/c1-28(2,3)37-27(35)33-19-12-10-18(11-13-19)32-26(34)21-14-29-25-23(30-16-31-24(21)25)20-6-4-5-7-22(20)36-15-17-8-9-17/h4-7,14,16-19,29H,8-13,15H2,1-3H3,(H,32,34)(H,33,35)/t18-,19-. The van der Waals surface area contributed by atoms with Crippen LogP contribution in [0.15, 0.2) is 36.8 Å². The lowest BCUT2D eigenvalue weighted by atomic mass is 9.91. The average molecular weight is 506 g/mol. The van der Waals surface area contributed by atoms with Crippen molar-refractivity contribution in [2.24, 2.45) is 5.92 Å². The topological polar surface area (TPSA) is 118 Å². The van der Waals surface area contributed by atoms with Crippen molar-refractivity contribution in [2.45, 2.75) is 77.0 Å². The van der Waals surface area contributed by atoms with Gasteiger partial charge in [0, 0.05) is 23.8 Å². The minimum Gasteiger partial charge on any atom is -0.493 e. The van der Waals surface area contributed by atoms with Crippen LogP contribution in [-0.4, -0.2) is 51.2 Å². The van der Waals surface area contributed by atoms with Gasteiger partial charge in [-0.15, -0.1) is 0 Å². The molecule has 9 nitrogen and oxygen atoms in total. The van der Waals surface area contributed by atoms with Crippen LogP contribution in [0.1, 0.15) is 69.7 Å². The van der Waals surface area contributed by atoms with E-state index in [0.29, 0.717) is 34.8 Å². The third kappa shape index (κ3) is 6.21. The van der Waals surface area contributed by atoms with E-state index in [1.54, 1.807) is 6.20 Å². The van der Waals surface area contributed by atoms with Crippen molar-refractivity contribution in [3.05, 3.63) is 42.4 Å². The molecule has 2 saturated carbocycles. The molecule has 0 spiro atoms. The maximum atomic E-state index is 13.2. The highest BCUT2D eigenvalue weighted by Crippen LogP contribution is 2.35. The summed E-state index contributed by atoms with van der Waals surface area (Å²) in [6, 6.07) is 7.93. The van der Waals surface area contributed by atoms with Crippen LogP contribution in [-0.2, 0) is 4.74 Å². The molecule has 9 heteroatoms. The molecule has 3 N–H and O–H groups in total. The zero-order valence-corrected chi connectivity index (χ0v) is 21.7. The van der Waals surface area contributed by atoms with Gasteiger partial charge in [-0.3, -0.25) is 4.79 Å². The van der Waals surface area contributed by atoms with E-state index in [1.807, 2.05) is 45.0 Å². The van der Waals surface area contributed by atoms with Crippen LogP contribution < -0.4 is 15.4 Å². The Morgan fingerprint density at radius 3 is 2.41 bits per heavy atom. The molecule has 5 rings (SSSR count). The minimum atomic E-state index is -0.524. The normalized spacial score (nSPS) is 19.9. The monoisotopic (exact) mass is 505 g/mol. The van der Waals surface area contributed by atoms with E-state index in [9.17, 15) is 9.59 Å². The summed E-state index contributed by atoms with van der Waals surface area (Å²) in [6.07, 6.45) is 8.35. The highest BCUT2D eigenvalue weighted by atomic mass is 16.6. The summed E-state index contributed by atoms with van der Waals surface area (Å²) in [5.74, 6) is 1.26. The van der Waals surface area contributed by atoms with Crippen LogP contribution in [0.4, 0.5) is 4.79 Å². The first-order valence-electron chi connectivity index (χ1n) is 13.1. The molecule has 1 aromatic carbocycles. The summed E-state index contributed by atoms with van der Waals surface area (Å²) in [4.78, 5) is 37.4. The van der Waals surface area contributed by atoms with Gasteiger partial charge in [-0.1, -0.05) is 12.1 Å². The number of para-hydroxylation sites is 1. The Morgan fingerprint density at radius 1 is 1.00 bits per heavy atom. The van der Waals surface area contributed by atoms with Crippen LogP contribution in [0.3, 0.4) is 0 Å². The smallest absolute Gasteiger partial charge is 0.407 e. The lowest BCUT2D eigenvalue weighted by Crippen LogP contribution is -2.45. The predicted octanol–water partition coefficient (Wildman–Crippen LogP) is 4.98. The second kappa shape index (κ2) is 10.4. The molecule has 2 heterocycles. The second-order valence-electron chi connectivity index (χ2n) is 11.1. The van der Waals surface area contributed by atoms with Crippen molar-refractivity contribution in [1.82, 2.24) is 25.6 Å². The lowest BCUT2D eigenvalue weighted by Gasteiger charge is -2.30. The van der Waals surface area contributed by atoms with Crippen molar-refractivity contribution in [3.8, 4) is 17.0 Å². The molecule has 2 fully saturated rings. The Labute approximate surface area is 216 Å². The highest BCUT2D eigenvalue weighted by molar-refractivity contribution is 6.07. The Kier molecular flexibility index (Phi) is 7.04. The van der Waals surface area contributed by atoms with E-state index in [4.69, 9.17) is 9.47 Å². The first-order valence-corrected chi connectivity index (χ1v) is 13.1. The Morgan fingerprint density at radius 2 is 1.70 bits per heavy atom. The van der Waals surface area contributed by atoms with E-state index in [0.717, 1.165) is 37.0 Å². The summed E-state index contributed by atoms with van der Waals surface area (Å²) in [5.41, 5.74) is 2.84. The molecule has 2 aliphatic rings. The molecule has 0 saturated heterocycles. The molecule has 0 aliphatic heterocycles. The summed E-state index contributed by atoms with van der Waals surface area (Å²) in [5, 5.41) is 6.09. The maximum Gasteiger partial charge on any atom is 0.407 e. The molecule has 0 bridgehead atoms. The molecule has 0 unspecified atom stereocenters. The number of amides is 2. The maximum absolute atomic E-state index is 13.2. The SMILES string of the molecule is CC(C)(C)OC(=O)N[C@H]1CC[C@H](NC(=O)c2c[nH]c3c(-c4ccccc4OCC4CC4)ncnc23)CC1. The van der Waals surface area contributed by atoms with Gasteiger partial charge in [0.05, 0.1) is 17.7 Å². The number of nitrogens with zero attached hydrogens (tertiary/aromatic N) is 2. The molecule has 3 aromatic rings. The number of benzene rings is 1. The molecule has 2 amide bonds. The van der Waals surface area contributed by atoms with Gasteiger partial charge < -0.3 is 25.1 Å². The van der Waals surface area contributed by atoms with Crippen LogP contribution >= 0.6 is 0 Å². The van der Waals surface area contributed by atoms with Crippen molar-refractivity contribution in [1.29, 1.82) is 0 Å². The van der Waals surface area contributed by atoms with Gasteiger partial charge in [-0.05, 0) is 77.3 Å². The highest BCUT2D eigenvalue weighted by Gasteiger charge is 2.27. The van der Waals surface area contributed by atoms with Crippen LogP contribution in [0.5, 0.6) is 5.75 Å². The third-order valence-corrected chi connectivity index (χ3v) is 6.80. The average Bonchev–Trinajstić information content (AvgIpc) is 3.58. The molecular weight excluding hydrogens is 470 g/mol. The Hall–Kier alpha value is -3.62. The van der Waals surface area contributed by atoms with Crippen LogP contribution in [0.25, 0.3) is 22.3 Å². The molecule has 2 aliphatic carbocycles. The van der Waals surface area contributed by atoms with Crippen molar-refractivity contribution >= 4 is 23.0 Å². The molecule has 196 valence electrons. The van der Waals surface area contributed by atoms with Gasteiger partial charge in [-0.2, -0.15) is 0 Å². The fraction of sp³-hybridized carbons (Fsp3) is 0.500. The molecule has 2 aromatic heterocycles. The third-order valence-electron chi connectivity index (χ3n) is 6.80. The second-order valence-corrected chi connectivity index (χ2v) is 11.1. The largest absolute Gasteiger partial charge is 0.493 e. The van der Waals surface area contributed by atoms with E-state index >= 15 is 0 Å². The van der Waals surface area contributed by atoms with E-state index < -0.39 is 11.7 Å². The number of fused-ring (bicyclic) bond motifs is 1. The van der Waals surface area contributed by atoms with Crippen molar-refractivity contribution in [2.75, 3.05) is 6.61 Å². The van der Waals surface area contributed by atoms with E-state index in [1.165, 1.54) is 19.2 Å². The fourth-order valence-electron chi connectivity index (χ4n) is 4.72. The van der Waals surface area contributed by atoms with Crippen LogP contribution in [0.2, 0.25) is 0 Å². The van der Waals surface area contributed by atoms with Crippen LogP contribution in [0, 0.1) is 5.92 Å². The van der Waals surface area contributed by atoms with Gasteiger partial charge in [0.25, 0.3) is 5.91 Å². The minimum absolute atomic E-state index is 0.0343. The molecule has 0 atom stereocenters. The van der Waals surface area contributed by atoms with Crippen molar-refractivity contribution in [3.63, 3.8) is 0 Å². The number of carbonyl (C=O) groups is 2. The van der Waals surface area contributed by atoms with Gasteiger partial charge in [0.1, 0.15) is 28.9 Å². The van der Waals surface area contributed by atoms with Gasteiger partial charge >= 0.3 is 6.09 Å². The zero-order valence-electron chi connectivity index (χ0n) is 21.7. The zero-order chi connectivity index (χ0) is 26.0. The quantitative estimate of drug-likeness (QED) is 0.417. The van der Waals surface area contributed by atoms with Crippen molar-refractivity contribution < 1.29 is 19.1 Å². The summed E-state index contributed by atoms with van der Waals surface area (Å²) in [6.45, 7) is 6.25. The number of alkyl carbamates (subject to hydrolysis) is 1. The predicted molar refractivity (Wildman–Crippen MR) is 140 cm³/mol. The number of aromatic nitrogens is 3. The Bertz CT molecular complexity index is 1270. The molecule has 37 heavy (non-hydrogen) atoms. The summed E-state index contributed by atoms with van der Waals surface area (Å²) < 4.78 is 11.4. The summed E-state index contributed by atoms with van der Waals surface area (Å²) >= 11 is 0. The van der Waals surface area contributed by atoms with E-state index in [-0.39, 0.29) is 18.0 Å². The summed E-state index contributed by atoms with van der Waals surface area (Å²) in [7, 11) is 0. The number of carbonyl (C=O) groups excluding carboxylic acids is 2. The first kappa shape index (κ1) is 25.0. The number of aromatic amines is 1. The van der Waals surface area contributed by atoms with Gasteiger partial charge in [-0.25, -0.2) is 14.8 Å². The fourth-order valence-corrected chi connectivity index (χ4v) is 4.72. The lowest BCUT2D eigenvalue weighted by molar-refractivity contribution is 0.0488. The van der Waals surface area contributed by atoms with Gasteiger partial charge in [0.2, 0.25) is 0 Å². The number of hydrogen-bond donors (Lipinski definition) is 3. The number of H-pyrrole nitrogens is 1. The number of rotatable bonds is 7. The van der Waals surface area contributed by atoms with E-state index in [2.05, 4.69) is 25.6 Å². The number of ether oxygens (including phenoxy) is 2.